The van der Waals surface area contributed by atoms with Crippen LogP contribution in [0.2, 0.25) is 0 Å². The minimum Gasteiger partial charge on any atom is -0.462 e. The molecule has 444 valence electrons. The van der Waals surface area contributed by atoms with E-state index in [1.165, 1.54) is 295 Å². The number of esters is 3. The molecular weight excluding hydrogens is 925 g/mol. The van der Waals surface area contributed by atoms with Crippen LogP contribution in [0.5, 0.6) is 0 Å². The number of allylic oxidation sites excluding steroid dienone is 2. The first-order chi connectivity index (χ1) is 37.0. The summed E-state index contributed by atoms with van der Waals surface area (Å²) in [5, 5.41) is 0. The SMILES string of the molecule is CCCCCCCC/C=C\CCCCCCCCCC(=O)OC(COC(=O)CCCCCCCCCCCCCCCCCC)COC(=O)CCCCCCCCCCCCCCCCCCCCCCCCCC. The van der Waals surface area contributed by atoms with Crippen LogP contribution in [0, 0.1) is 0 Å². The third-order valence-electron chi connectivity index (χ3n) is 15.8. The van der Waals surface area contributed by atoms with Gasteiger partial charge in [0.15, 0.2) is 6.10 Å². The summed E-state index contributed by atoms with van der Waals surface area (Å²) in [5.74, 6) is -0.835. The molecule has 6 heteroatoms. The molecule has 0 N–H and O–H groups in total. The van der Waals surface area contributed by atoms with E-state index in [4.69, 9.17) is 14.2 Å². The van der Waals surface area contributed by atoms with Crippen molar-refractivity contribution >= 4 is 17.9 Å². The van der Waals surface area contributed by atoms with E-state index in [0.717, 1.165) is 57.8 Å². The largest absolute Gasteiger partial charge is 0.462 e. The summed E-state index contributed by atoms with van der Waals surface area (Å²) < 4.78 is 17.0. The number of rotatable bonds is 64. The highest BCUT2D eigenvalue weighted by Gasteiger charge is 2.19. The minimum atomic E-state index is -0.768. The molecule has 0 fully saturated rings. The fourth-order valence-corrected chi connectivity index (χ4v) is 10.6. The van der Waals surface area contributed by atoms with Gasteiger partial charge in [-0.05, 0) is 44.9 Å². The van der Waals surface area contributed by atoms with Crippen molar-refractivity contribution in [1.82, 2.24) is 0 Å². The Kier molecular flexibility index (Phi) is 63.1. The summed E-state index contributed by atoms with van der Waals surface area (Å²) in [6.07, 6.45) is 76.6. The Morgan fingerprint density at radius 2 is 0.440 bits per heavy atom. The standard InChI is InChI=1S/C69H132O6/c1-4-7-10-13-16-19-22-25-28-31-32-33-34-35-36-37-39-41-44-47-50-53-56-59-62-68(71)74-65-66(64-73-67(70)61-58-55-52-49-46-43-40-30-27-24-21-18-15-12-9-6-3)75-69(72)63-60-57-54-51-48-45-42-38-29-26-23-20-17-14-11-8-5-2/h26,29,66H,4-25,27-28,30-65H2,1-3H3/b29-26-. The van der Waals surface area contributed by atoms with Gasteiger partial charge in [0.2, 0.25) is 0 Å². The van der Waals surface area contributed by atoms with E-state index in [1.54, 1.807) is 0 Å². The molecule has 0 aromatic carbocycles. The second-order valence-corrected chi connectivity index (χ2v) is 23.5. The van der Waals surface area contributed by atoms with Crippen LogP contribution in [0.4, 0.5) is 0 Å². The smallest absolute Gasteiger partial charge is 0.306 e. The van der Waals surface area contributed by atoms with Crippen LogP contribution in [0.1, 0.15) is 393 Å². The van der Waals surface area contributed by atoms with Crippen molar-refractivity contribution < 1.29 is 28.6 Å². The molecule has 75 heavy (non-hydrogen) atoms. The Morgan fingerprint density at radius 1 is 0.253 bits per heavy atom. The molecule has 0 bridgehead atoms. The van der Waals surface area contributed by atoms with E-state index in [1.807, 2.05) is 0 Å². The van der Waals surface area contributed by atoms with E-state index < -0.39 is 6.10 Å². The van der Waals surface area contributed by atoms with Gasteiger partial charge in [0.05, 0.1) is 0 Å². The molecule has 1 atom stereocenters. The molecule has 6 nitrogen and oxygen atoms in total. The van der Waals surface area contributed by atoms with Gasteiger partial charge in [-0.3, -0.25) is 14.4 Å². The molecule has 0 aliphatic rings. The van der Waals surface area contributed by atoms with Crippen LogP contribution >= 0.6 is 0 Å². The van der Waals surface area contributed by atoms with Crippen LogP contribution in [0.25, 0.3) is 0 Å². The zero-order valence-electron chi connectivity index (χ0n) is 51.1. The summed E-state index contributed by atoms with van der Waals surface area (Å²) in [5.41, 5.74) is 0. The highest BCUT2D eigenvalue weighted by molar-refractivity contribution is 5.71. The van der Waals surface area contributed by atoms with Gasteiger partial charge in [-0.25, -0.2) is 0 Å². The molecule has 0 saturated heterocycles. The summed E-state index contributed by atoms with van der Waals surface area (Å²) in [7, 11) is 0. The number of unbranched alkanes of at least 4 members (excludes halogenated alkanes) is 51. The van der Waals surface area contributed by atoms with Crippen molar-refractivity contribution in [2.45, 2.75) is 399 Å². The lowest BCUT2D eigenvalue weighted by Crippen LogP contribution is -2.30. The second kappa shape index (κ2) is 64.7. The van der Waals surface area contributed by atoms with Crippen molar-refractivity contribution in [3.05, 3.63) is 12.2 Å². The maximum absolute atomic E-state index is 12.9. The van der Waals surface area contributed by atoms with Crippen LogP contribution < -0.4 is 0 Å². The highest BCUT2D eigenvalue weighted by Crippen LogP contribution is 2.19. The van der Waals surface area contributed by atoms with Crippen molar-refractivity contribution in [2.75, 3.05) is 13.2 Å². The average Bonchev–Trinajstić information content (AvgIpc) is 3.41. The molecule has 1 unspecified atom stereocenters. The van der Waals surface area contributed by atoms with Gasteiger partial charge in [-0.2, -0.15) is 0 Å². The molecule has 0 amide bonds. The lowest BCUT2D eigenvalue weighted by atomic mass is 10.0. The molecular formula is C69H132O6. The third kappa shape index (κ3) is 62.9. The molecule has 0 aliphatic heterocycles. The first kappa shape index (κ1) is 73.2. The van der Waals surface area contributed by atoms with E-state index in [9.17, 15) is 14.4 Å². The van der Waals surface area contributed by atoms with Gasteiger partial charge < -0.3 is 14.2 Å². The molecule has 0 aromatic rings. The maximum atomic E-state index is 12.9. The normalized spacial score (nSPS) is 12.0. The van der Waals surface area contributed by atoms with Crippen molar-refractivity contribution in [1.29, 1.82) is 0 Å². The summed E-state index contributed by atoms with van der Waals surface area (Å²) in [6.45, 7) is 6.72. The number of ether oxygens (including phenoxy) is 3. The molecule has 0 rings (SSSR count). The summed E-state index contributed by atoms with van der Waals surface area (Å²) >= 11 is 0. The average molecular weight is 1060 g/mol. The second-order valence-electron chi connectivity index (χ2n) is 23.5. The molecule has 0 radical (unpaired) electrons. The lowest BCUT2D eigenvalue weighted by Gasteiger charge is -2.18. The zero-order valence-corrected chi connectivity index (χ0v) is 51.1. The number of carbonyl (C=O) groups is 3. The van der Waals surface area contributed by atoms with Crippen molar-refractivity contribution in [3.8, 4) is 0 Å². The lowest BCUT2D eigenvalue weighted by molar-refractivity contribution is -0.167. The highest BCUT2D eigenvalue weighted by atomic mass is 16.6. The topological polar surface area (TPSA) is 78.9 Å². The van der Waals surface area contributed by atoms with Crippen molar-refractivity contribution in [3.63, 3.8) is 0 Å². The molecule has 0 saturated carbocycles. The zero-order chi connectivity index (χ0) is 54.3. The minimum absolute atomic E-state index is 0.0649. The monoisotopic (exact) mass is 1060 g/mol. The van der Waals surface area contributed by atoms with Crippen LogP contribution in [-0.4, -0.2) is 37.2 Å². The Hall–Kier alpha value is -1.85. The first-order valence-corrected chi connectivity index (χ1v) is 34.2. The van der Waals surface area contributed by atoms with E-state index in [2.05, 4.69) is 32.9 Å². The summed E-state index contributed by atoms with van der Waals surface area (Å²) in [6, 6.07) is 0. The Balaban J connectivity index is 4.24. The van der Waals surface area contributed by atoms with Gasteiger partial charge >= 0.3 is 17.9 Å². The number of hydrogen-bond donors (Lipinski definition) is 0. The quantitative estimate of drug-likeness (QED) is 0.0261. The molecule has 0 aliphatic carbocycles. The van der Waals surface area contributed by atoms with Gasteiger partial charge in [0.1, 0.15) is 13.2 Å². The van der Waals surface area contributed by atoms with Gasteiger partial charge in [0, 0.05) is 19.3 Å². The first-order valence-electron chi connectivity index (χ1n) is 34.2. The number of carbonyl (C=O) groups excluding carboxylic acids is 3. The summed E-state index contributed by atoms with van der Waals surface area (Å²) in [4.78, 5) is 38.4. The van der Waals surface area contributed by atoms with Crippen molar-refractivity contribution in [2.24, 2.45) is 0 Å². The number of hydrogen-bond acceptors (Lipinski definition) is 6. The predicted octanol–water partition coefficient (Wildman–Crippen LogP) is 23.2. The Labute approximate surface area is 469 Å². The Bertz CT molecular complexity index is 1170. The predicted molar refractivity (Wildman–Crippen MR) is 326 cm³/mol. The van der Waals surface area contributed by atoms with Crippen LogP contribution in [0.3, 0.4) is 0 Å². The maximum Gasteiger partial charge on any atom is 0.306 e. The van der Waals surface area contributed by atoms with Crippen LogP contribution in [-0.2, 0) is 28.6 Å². The van der Waals surface area contributed by atoms with Gasteiger partial charge in [0.25, 0.3) is 0 Å². The van der Waals surface area contributed by atoms with Crippen LogP contribution in [0.15, 0.2) is 12.2 Å². The van der Waals surface area contributed by atoms with E-state index >= 15 is 0 Å². The molecule has 0 aromatic heterocycles. The van der Waals surface area contributed by atoms with Gasteiger partial charge in [-0.1, -0.05) is 341 Å². The molecule has 0 heterocycles. The van der Waals surface area contributed by atoms with E-state index in [0.29, 0.717) is 19.3 Å². The van der Waals surface area contributed by atoms with E-state index in [-0.39, 0.29) is 31.1 Å². The Morgan fingerprint density at radius 3 is 0.667 bits per heavy atom. The molecule has 0 spiro atoms. The fourth-order valence-electron chi connectivity index (χ4n) is 10.6. The third-order valence-corrected chi connectivity index (χ3v) is 15.8. The van der Waals surface area contributed by atoms with Gasteiger partial charge in [-0.15, -0.1) is 0 Å². The fraction of sp³-hybridized carbons (Fsp3) is 0.928.